The average molecular weight is 310 g/mol. The number of hydrogen-bond donors (Lipinski definition) is 1. The van der Waals surface area contributed by atoms with Crippen molar-refractivity contribution in [2.24, 2.45) is 0 Å². The molecule has 4 nitrogen and oxygen atoms in total. The lowest BCUT2D eigenvalue weighted by Gasteiger charge is -2.02. The Morgan fingerprint density at radius 2 is 0.950 bits per heavy atom. The molecular formula is C15H34O4S. The van der Waals surface area contributed by atoms with Crippen molar-refractivity contribution in [2.75, 3.05) is 5.75 Å². The molecule has 5 heteroatoms. The van der Waals surface area contributed by atoms with Crippen molar-refractivity contribution < 1.29 is 18.4 Å². The fraction of sp³-hybridized carbons (Fsp3) is 1.00. The Kier molecular flexibility index (Phi) is 16.9. The van der Waals surface area contributed by atoms with Crippen LogP contribution >= 0.6 is 0 Å². The van der Waals surface area contributed by atoms with E-state index >= 15 is 0 Å². The lowest BCUT2D eigenvalue weighted by atomic mass is 10.1. The van der Waals surface area contributed by atoms with Crippen molar-refractivity contribution >= 4 is 10.1 Å². The van der Waals surface area contributed by atoms with Gasteiger partial charge in [-0.1, -0.05) is 84.0 Å². The second-order valence-corrected chi connectivity index (χ2v) is 7.10. The molecule has 0 aromatic heterocycles. The second kappa shape index (κ2) is 15.3. The standard InChI is InChI=1S/C15H32O3S.H2O/c1-2-3-4-5-6-7-8-9-10-11-12-13-14-15-19(16,17)18;/h2-15H2,1H3,(H,16,17,18);1H2. The largest absolute Gasteiger partial charge is 0.412 e. The van der Waals surface area contributed by atoms with E-state index in [1.165, 1.54) is 64.2 Å². The molecule has 0 aromatic rings. The predicted octanol–water partition coefficient (Wildman–Crippen LogP) is 4.14. The van der Waals surface area contributed by atoms with Crippen LogP contribution in [-0.2, 0) is 10.1 Å². The van der Waals surface area contributed by atoms with E-state index in [-0.39, 0.29) is 11.2 Å². The molecule has 0 radical (unpaired) electrons. The fourth-order valence-corrected chi connectivity index (χ4v) is 2.87. The van der Waals surface area contributed by atoms with Gasteiger partial charge in [0.15, 0.2) is 0 Å². The minimum absolute atomic E-state index is 0. The predicted molar refractivity (Wildman–Crippen MR) is 85.7 cm³/mol. The van der Waals surface area contributed by atoms with Crippen LogP contribution in [0.2, 0.25) is 0 Å². The van der Waals surface area contributed by atoms with Gasteiger partial charge >= 0.3 is 0 Å². The molecule has 124 valence electrons. The number of hydrogen-bond acceptors (Lipinski definition) is 2. The van der Waals surface area contributed by atoms with E-state index in [4.69, 9.17) is 4.55 Å². The van der Waals surface area contributed by atoms with E-state index in [1.807, 2.05) is 0 Å². The van der Waals surface area contributed by atoms with E-state index in [9.17, 15) is 8.42 Å². The van der Waals surface area contributed by atoms with Gasteiger partial charge in [-0.2, -0.15) is 8.42 Å². The maximum absolute atomic E-state index is 10.5. The van der Waals surface area contributed by atoms with Gasteiger partial charge in [-0.05, 0) is 6.42 Å². The van der Waals surface area contributed by atoms with Crippen LogP contribution in [-0.4, -0.2) is 24.2 Å². The van der Waals surface area contributed by atoms with Crippen molar-refractivity contribution in [1.82, 2.24) is 0 Å². The van der Waals surface area contributed by atoms with E-state index < -0.39 is 10.1 Å². The monoisotopic (exact) mass is 310 g/mol. The zero-order valence-electron chi connectivity index (χ0n) is 13.1. The third-order valence-corrected chi connectivity index (χ3v) is 4.31. The Balaban J connectivity index is 0. The molecule has 0 spiro atoms. The molecule has 0 atom stereocenters. The molecule has 0 aliphatic rings. The van der Waals surface area contributed by atoms with E-state index in [0.717, 1.165) is 12.8 Å². The van der Waals surface area contributed by atoms with Crippen molar-refractivity contribution in [1.29, 1.82) is 0 Å². The summed E-state index contributed by atoms with van der Waals surface area (Å²) >= 11 is 0. The summed E-state index contributed by atoms with van der Waals surface area (Å²) in [6.45, 7) is 2.25. The van der Waals surface area contributed by atoms with Gasteiger partial charge in [0.1, 0.15) is 0 Å². The molecule has 0 rings (SSSR count). The van der Waals surface area contributed by atoms with Crippen molar-refractivity contribution in [3.8, 4) is 0 Å². The van der Waals surface area contributed by atoms with Gasteiger partial charge < -0.3 is 5.48 Å². The summed E-state index contributed by atoms with van der Waals surface area (Å²) in [7, 11) is -3.74. The summed E-state index contributed by atoms with van der Waals surface area (Å²) in [6.07, 6.45) is 15.9. The molecule has 0 aliphatic carbocycles. The van der Waals surface area contributed by atoms with Crippen LogP contribution in [0.15, 0.2) is 0 Å². The smallest absolute Gasteiger partial charge is 0.264 e. The van der Waals surface area contributed by atoms with Gasteiger partial charge in [0.25, 0.3) is 10.1 Å². The SMILES string of the molecule is CCCCCCCCCCCCCCCS(=O)(=O)O.O. The van der Waals surface area contributed by atoms with Crippen LogP contribution in [0.3, 0.4) is 0 Å². The van der Waals surface area contributed by atoms with Crippen LogP contribution in [0.25, 0.3) is 0 Å². The molecule has 20 heavy (non-hydrogen) atoms. The minimum atomic E-state index is -3.74. The first kappa shape index (κ1) is 22.2. The Bertz CT molecular complexity index is 276. The molecule has 0 amide bonds. The highest BCUT2D eigenvalue weighted by Crippen LogP contribution is 2.12. The molecule has 0 aliphatic heterocycles. The van der Waals surface area contributed by atoms with Gasteiger partial charge in [-0.3, -0.25) is 4.55 Å². The summed E-state index contributed by atoms with van der Waals surface area (Å²) in [5.41, 5.74) is 0. The van der Waals surface area contributed by atoms with Crippen LogP contribution in [0.4, 0.5) is 0 Å². The quantitative estimate of drug-likeness (QED) is 0.386. The second-order valence-electron chi connectivity index (χ2n) is 5.53. The first-order chi connectivity index (χ1) is 9.06. The van der Waals surface area contributed by atoms with Crippen molar-refractivity contribution in [2.45, 2.75) is 90.4 Å². The Hall–Kier alpha value is -0.130. The summed E-state index contributed by atoms with van der Waals surface area (Å²) < 4.78 is 29.5. The molecule has 0 bridgehead atoms. The van der Waals surface area contributed by atoms with E-state index in [0.29, 0.717) is 6.42 Å². The first-order valence-electron chi connectivity index (χ1n) is 8.01. The van der Waals surface area contributed by atoms with Gasteiger partial charge in [0.2, 0.25) is 0 Å². The molecule has 0 unspecified atom stereocenters. The molecule has 0 saturated carbocycles. The minimum Gasteiger partial charge on any atom is -0.412 e. The van der Waals surface area contributed by atoms with E-state index in [2.05, 4.69) is 6.92 Å². The maximum atomic E-state index is 10.5. The maximum Gasteiger partial charge on any atom is 0.264 e. The lowest BCUT2D eigenvalue weighted by molar-refractivity contribution is 0.478. The Morgan fingerprint density at radius 1 is 0.650 bits per heavy atom. The van der Waals surface area contributed by atoms with Crippen molar-refractivity contribution in [3.05, 3.63) is 0 Å². The van der Waals surface area contributed by atoms with Gasteiger partial charge in [0, 0.05) is 0 Å². The highest BCUT2D eigenvalue weighted by molar-refractivity contribution is 7.85. The zero-order chi connectivity index (χ0) is 14.4. The lowest BCUT2D eigenvalue weighted by Crippen LogP contribution is -2.03. The molecule has 0 heterocycles. The molecule has 0 fully saturated rings. The Morgan fingerprint density at radius 3 is 1.25 bits per heavy atom. The van der Waals surface area contributed by atoms with Gasteiger partial charge in [-0.15, -0.1) is 0 Å². The summed E-state index contributed by atoms with van der Waals surface area (Å²) in [6, 6.07) is 0. The van der Waals surface area contributed by atoms with Crippen LogP contribution in [0.5, 0.6) is 0 Å². The zero-order valence-corrected chi connectivity index (χ0v) is 13.9. The average Bonchev–Trinajstić information content (AvgIpc) is 2.34. The highest BCUT2D eigenvalue weighted by atomic mass is 32.2. The third kappa shape index (κ3) is 20.2. The van der Waals surface area contributed by atoms with Gasteiger partial charge in [0.05, 0.1) is 5.75 Å². The molecule has 3 N–H and O–H groups in total. The molecule has 0 saturated heterocycles. The fourth-order valence-electron chi connectivity index (χ4n) is 2.30. The third-order valence-electron chi connectivity index (χ3n) is 3.51. The summed E-state index contributed by atoms with van der Waals surface area (Å²) in [5.74, 6) is -0.0786. The molecule has 0 aromatic carbocycles. The topological polar surface area (TPSA) is 85.9 Å². The van der Waals surface area contributed by atoms with Crippen LogP contribution in [0, 0.1) is 0 Å². The van der Waals surface area contributed by atoms with Crippen LogP contribution in [0.1, 0.15) is 90.4 Å². The Labute approximate surface area is 125 Å². The highest BCUT2D eigenvalue weighted by Gasteiger charge is 2.02. The summed E-state index contributed by atoms with van der Waals surface area (Å²) in [5, 5.41) is 0. The normalized spacial score (nSPS) is 11.3. The first-order valence-corrected chi connectivity index (χ1v) is 9.62. The summed E-state index contributed by atoms with van der Waals surface area (Å²) in [4.78, 5) is 0. The van der Waals surface area contributed by atoms with E-state index in [1.54, 1.807) is 0 Å². The van der Waals surface area contributed by atoms with Crippen molar-refractivity contribution in [3.63, 3.8) is 0 Å². The number of unbranched alkanes of at least 4 members (excludes halogenated alkanes) is 12. The van der Waals surface area contributed by atoms with Crippen LogP contribution < -0.4 is 0 Å². The number of rotatable bonds is 14. The molecular weight excluding hydrogens is 276 g/mol. The van der Waals surface area contributed by atoms with Gasteiger partial charge in [-0.25, -0.2) is 0 Å².